The Balaban J connectivity index is 1.46. The molecule has 0 aliphatic heterocycles. The molecule has 1 fully saturated rings. The number of aliphatic hydroxyl groups is 1. The van der Waals surface area contributed by atoms with Crippen LogP contribution >= 0.6 is 11.6 Å². The van der Waals surface area contributed by atoms with Gasteiger partial charge in [-0.3, -0.25) is 4.98 Å². The van der Waals surface area contributed by atoms with Crippen LogP contribution in [0.1, 0.15) is 43.0 Å². The van der Waals surface area contributed by atoms with E-state index >= 15 is 0 Å². The van der Waals surface area contributed by atoms with Crippen LogP contribution in [0.25, 0.3) is 11.3 Å². The van der Waals surface area contributed by atoms with Gasteiger partial charge >= 0.3 is 0 Å². The lowest BCUT2D eigenvalue weighted by Crippen LogP contribution is -2.20. The van der Waals surface area contributed by atoms with Crippen molar-refractivity contribution in [1.82, 2.24) is 4.98 Å². The van der Waals surface area contributed by atoms with E-state index in [9.17, 15) is 5.11 Å². The number of halogens is 1. The van der Waals surface area contributed by atoms with E-state index in [-0.39, 0.29) is 5.76 Å². The first kappa shape index (κ1) is 26.6. The van der Waals surface area contributed by atoms with E-state index in [1.54, 1.807) is 0 Å². The van der Waals surface area contributed by atoms with E-state index in [1.165, 1.54) is 12.8 Å². The van der Waals surface area contributed by atoms with Crippen molar-refractivity contribution in [2.24, 2.45) is 5.92 Å². The molecule has 1 aromatic heterocycles. The second kappa shape index (κ2) is 11.8. The number of para-hydroxylation sites is 1. The van der Waals surface area contributed by atoms with Crippen LogP contribution in [0.4, 0.5) is 22.7 Å². The predicted octanol–water partition coefficient (Wildman–Crippen LogP) is 9.42. The van der Waals surface area contributed by atoms with Crippen molar-refractivity contribution in [3.8, 4) is 0 Å². The van der Waals surface area contributed by atoms with Crippen molar-refractivity contribution in [2.75, 3.05) is 23.4 Å². The monoisotopic (exact) mass is 535 g/mol. The second-order valence-corrected chi connectivity index (χ2v) is 10.5. The van der Waals surface area contributed by atoms with Gasteiger partial charge in [0.2, 0.25) is 0 Å². The Morgan fingerprint density at radius 2 is 1.62 bits per heavy atom. The number of anilines is 4. The minimum atomic E-state index is 0.261. The van der Waals surface area contributed by atoms with Crippen LogP contribution in [0.3, 0.4) is 0 Å². The minimum Gasteiger partial charge on any atom is -0.508 e. The van der Waals surface area contributed by atoms with Gasteiger partial charge in [-0.2, -0.15) is 0 Å². The highest BCUT2D eigenvalue weighted by atomic mass is 35.5. The quantitative estimate of drug-likeness (QED) is 0.205. The average molecular weight is 536 g/mol. The van der Waals surface area contributed by atoms with E-state index in [0.29, 0.717) is 5.92 Å². The van der Waals surface area contributed by atoms with Gasteiger partial charge in [-0.25, -0.2) is 0 Å². The molecule has 39 heavy (non-hydrogen) atoms. The zero-order valence-electron chi connectivity index (χ0n) is 22.5. The number of hydrogen-bond acceptors (Lipinski definition) is 4. The molecule has 0 unspecified atom stereocenters. The molecule has 1 aliphatic carbocycles. The number of benzene rings is 3. The molecule has 1 N–H and O–H groups in total. The Bertz CT molecular complexity index is 1460. The zero-order valence-corrected chi connectivity index (χ0v) is 23.3. The summed E-state index contributed by atoms with van der Waals surface area (Å²) in [5.41, 5.74) is 7.44. The van der Waals surface area contributed by atoms with Crippen LogP contribution in [-0.4, -0.2) is 23.7 Å². The molecule has 1 saturated carbocycles. The number of rotatable bonds is 10. The van der Waals surface area contributed by atoms with Crippen LogP contribution < -0.4 is 9.80 Å². The lowest BCUT2D eigenvalue weighted by Gasteiger charge is -2.25. The molecule has 0 amide bonds. The van der Waals surface area contributed by atoms with Gasteiger partial charge in [0.1, 0.15) is 5.76 Å². The summed E-state index contributed by atoms with van der Waals surface area (Å²) in [6, 6.07) is 28.4. The van der Waals surface area contributed by atoms with E-state index in [2.05, 4.69) is 52.8 Å². The number of aromatic nitrogens is 1. The maximum Gasteiger partial charge on any atom is 0.118 e. The third-order valence-electron chi connectivity index (χ3n) is 7.13. The van der Waals surface area contributed by atoms with E-state index in [1.807, 2.05) is 74.8 Å². The van der Waals surface area contributed by atoms with Crippen LogP contribution in [0, 0.1) is 5.92 Å². The molecule has 5 heteroatoms. The van der Waals surface area contributed by atoms with Crippen molar-refractivity contribution >= 4 is 45.7 Å². The number of hydrogen-bond donors (Lipinski definition) is 1. The molecule has 0 atom stereocenters. The van der Waals surface area contributed by atoms with Crippen LogP contribution in [0.2, 0.25) is 5.02 Å². The number of nitrogens with zero attached hydrogens (tertiary/aromatic N) is 3. The second-order valence-electron chi connectivity index (χ2n) is 10.1. The largest absolute Gasteiger partial charge is 0.508 e. The summed E-state index contributed by atoms with van der Waals surface area (Å²) in [5.74, 6) is 0.971. The number of allylic oxidation sites excluding steroid dienone is 1. The fourth-order valence-corrected chi connectivity index (χ4v) is 4.78. The highest BCUT2D eigenvalue weighted by molar-refractivity contribution is 6.30. The summed E-state index contributed by atoms with van der Waals surface area (Å²) >= 11 is 6.15. The Kier molecular flexibility index (Phi) is 8.04. The lowest BCUT2D eigenvalue weighted by molar-refractivity contribution is 0.509. The maximum atomic E-state index is 10.8. The summed E-state index contributed by atoms with van der Waals surface area (Å²) in [6.45, 7) is 7.38. The maximum absolute atomic E-state index is 10.8. The first-order valence-corrected chi connectivity index (χ1v) is 13.8. The van der Waals surface area contributed by atoms with Gasteiger partial charge in [-0.1, -0.05) is 43.3 Å². The molecule has 0 bridgehead atoms. The molecule has 0 spiro atoms. The van der Waals surface area contributed by atoms with Crippen LogP contribution in [0.5, 0.6) is 0 Å². The molecular weight excluding hydrogens is 502 g/mol. The van der Waals surface area contributed by atoms with Gasteiger partial charge < -0.3 is 14.9 Å². The summed E-state index contributed by atoms with van der Waals surface area (Å²) in [6.07, 6.45) is 7.03. The van der Waals surface area contributed by atoms with E-state index < -0.39 is 0 Å². The third kappa shape index (κ3) is 6.35. The fraction of sp³-hybridized carbons (Fsp3) is 0.206. The van der Waals surface area contributed by atoms with Gasteiger partial charge in [0.25, 0.3) is 0 Å². The first-order chi connectivity index (χ1) is 18.9. The molecule has 1 aliphatic rings. The fourth-order valence-electron chi connectivity index (χ4n) is 4.65. The predicted molar refractivity (Wildman–Crippen MR) is 165 cm³/mol. The normalized spacial score (nSPS) is 13.3. The topological polar surface area (TPSA) is 39.6 Å². The number of pyridine rings is 1. The number of aliphatic hydroxyl groups excluding tert-OH is 1. The molecule has 3 aromatic carbocycles. The van der Waals surface area contributed by atoms with Crippen molar-refractivity contribution in [1.29, 1.82) is 0 Å². The summed E-state index contributed by atoms with van der Waals surface area (Å²) < 4.78 is 0. The minimum absolute atomic E-state index is 0.261. The summed E-state index contributed by atoms with van der Waals surface area (Å²) in [5, 5.41) is 11.5. The molecule has 5 rings (SSSR count). The van der Waals surface area contributed by atoms with Crippen LogP contribution in [0.15, 0.2) is 104 Å². The summed E-state index contributed by atoms with van der Waals surface area (Å²) in [7, 11) is 2.03. The summed E-state index contributed by atoms with van der Waals surface area (Å²) in [4.78, 5) is 9.26. The van der Waals surface area contributed by atoms with Crippen LogP contribution in [-0.2, 0) is 0 Å². The van der Waals surface area contributed by atoms with Crippen molar-refractivity contribution < 1.29 is 5.11 Å². The lowest BCUT2D eigenvalue weighted by atomic mass is 9.98. The van der Waals surface area contributed by atoms with Gasteiger partial charge in [-0.05, 0) is 104 Å². The molecule has 198 valence electrons. The van der Waals surface area contributed by atoms with Gasteiger partial charge in [0.15, 0.2) is 0 Å². The van der Waals surface area contributed by atoms with Gasteiger partial charge in [0, 0.05) is 46.8 Å². The highest BCUT2D eigenvalue weighted by Gasteiger charge is 2.25. The average Bonchev–Trinajstić information content (AvgIpc) is 3.80. The molecule has 1 heterocycles. The zero-order chi connectivity index (χ0) is 27.4. The van der Waals surface area contributed by atoms with Gasteiger partial charge in [0.05, 0.1) is 17.6 Å². The van der Waals surface area contributed by atoms with Crippen molar-refractivity contribution in [3.63, 3.8) is 0 Å². The van der Waals surface area contributed by atoms with Crippen molar-refractivity contribution in [2.45, 2.75) is 26.2 Å². The Labute approximate surface area is 236 Å². The molecule has 4 aromatic rings. The standard InChI is InChI=1S/C34H34ClN3O/c1-4-8-34(39)27-19-26(20-32(21-27)37(3)29-9-6-5-7-10-29)24(2)33-18-17-31(22-36-33)38(23-25-11-12-25)30-15-13-28(35)14-16-30/h5-10,13-22,25,39H,2,4,11-12,23H2,1,3H3/b34-8-. The van der Waals surface area contributed by atoms with Crippen molar-refractivity contribution in [3.05, 3.63) is 126 Å². The Morgan fingerprint density at radius 3 is 2.26 bits per heavy atom. The molecular formula is C34H34ClN3O. The molecule has 4 nitrogen and oxygen atoms in total. The van der Waals surface area contributed by atoms with E-state index in [0.717, 1.165) is 63.1 Å². The van der Waals surface area contributed by atoms with Gasteiger partial charge in [-0.15, -0.1) is 0 Å². The molecule has 0 saturated heterocycles. The third-order valence-corrected chi connectivity index (χ3v) is 7.39. The van der Waals surface area contributed by atoms with E-state index in [4.69, 9.17) is 16.6 Å². The molecule has 0 radical (unpaired) electrons. The SMILES string of the molecule is C=C(c1cc(/C(O)=C/CC)cc(N(C)c2ccccc2)c1)c1ccc(N(CC2CC2)c2ccc(Cl)cc2)cn1. The Morgan fingerprint density at radius 1 is 0.923 bits per heavy atom. The Hall–Kier alpha value is -4.02. The first-order valence-electron chi connectivity index (χ1n) is 13.4. The highest BCUT2D eigenvalue weighted by Crippen LogP contribution is 2.36. The smallest absolute Gasteiger partial charge is 0.118 e.